The van der Waals surface area contributed by atoms with Gasteiger partial charge in [0.05, 0.1) is 16.9 Å². The number of halogens is 6. The molecule has 1 heterocycles. The first kappa shape index (κ1) is 18.8. The lowest BCUT2D eigenvalue weighted by molar-refractivity contribution is -0.267. The van der Waals surface area contributed by atoms with Gasteiger partial charge >= 0.3 is 18.3 Å². The number of Topliss-reactive ketones (excluding diaryl/α,β-unsaturated/α-hetero) is 1. The van der Waals surface area contributed by atoms with Crippen LogP contribution in [-0.4, -0.2) is 46.6 Å². The van der Waals surface area contributed by atoms with E-state index in [2.05, 4.69) is 5.32 Å². The molecule has 25 heavy (non-hydrogen) atoms. The zero-order valence-electron chi connectivity index (χ0n) is 12.0. The first-order valence-corrected chi connectivity index (χ1v) is 6.57. The van der Waals surface area contributed by atoms with Gasteiger partial charge in [-0.15, -0.1) is 0 Å². The maximum Gasteiger partial charge on any atom is 0.450 e. The number of carboxylic acid groups (broad SMARTS) is 1. The summed E-state index contributed by atoms with van der Waals surface area (Å²) in [4.78, 5) is 22.3. The average Bonchev–Trinajstić information content (AvgIpc) is 2.60. The second kappa shape index (κ2) is 5.79. The number of aromatic carboxylic acids is 1. The van der Waals surface area contributed by atoms with Crippen molar-refractivity contribution in [3.8, 4) is 0 Å². The Labute approximate surface area is 135 Å². The summed E-state index contributed by atoms with van der Waals surface area (Å²) in [5, 5.41) is 22.4. The highest BCUT2D eigenvalue weighted by Gasteiger charge is 2.65. The number of aliphatic hydroxyl groups is 1. The third-order valence-electron chi connectivity index (χ3n) is 3.62. The van der Waals surface area contributed by atoms with Crippen molar-refractivity contribution >= 4 is 23.1 Å². The SMILES string of the molecule is O=C(O)c1ccc2c(c1)NCC(C(=O)C(F)(F)F)C(O)(C(F)(F)F)N2. The molecular weight excluding hydrogens is 362 g/mol. The molecule has 0 aliphatic carbocycles. The number of ketones is 1. The van der Waals surface area contributed by atoms with Crippen molar-refractivity contribution in [3.05, 3.63) is 23.8 Å². The molecule has 0 aromatic heterocycles. The number of carbonyl (C=O) groups is 2. The van der Waals surface area contributed by atoms with E-state index < -0.39 is 48.0 Å². The number of carboxylic acids is 1. The number of hydrogen-bond donors (Lipinski definition) is 4. The van der Waals surface area contributed by atoms with Crippen LogP contribution in [0.5, 0.6) is 0 Å². The summed E-state index contributed by atoms with van der Waals surface area (Å²) in [5.74, 6) is -7.16. The standard InChI is InChI=1S/C13H10F6N2O4/c14-12(15,16)9(22)6-4-20-8-3-5(10(23)24)1-2-7(8)21-11(6,25)13(17,18)19/h1-3,6,20-21,25H,4H2,(H,23,24). The fourth-order valence-corrected chi connectivity index (χ4v) is 2.33. The Kier molecular flexibility index (Phi) is 4.36. The van der Waals surface area contributed by atoms with Crippen molar-refractivity contribution in [2.45, 2.75) is 18.1 Å². The molecule has 0 fully saturated rings. The smallest absolute Gasteiger partial charge is 0.450 e. The minimum absolute atomic E-state index is 0.306. The number of rotatable bonds is 2. The van der Waals surface area contributed by atoms with Crippen molar-refractivity contribution in [2.75, 3.05) is 17.2 Å². The largest absolute Gasteiger partial charge is 0.478 e. The first-order chi connectivity index (χ1) is 11.3. The number of alkyl halides is 6. The van der Waals surface area contributed by atoms with Gasteiger partial charge in [0.15, 0.2) is 0 Å². The minimum atomic E-state index is -5.63. The Bertz CT molecular complexity index is 717. The lowest BCUT2D eigenvalue weighted by Gasteiger charge is -2.36. The van der Waals surface area contributed by atoms with Crippen LogP contribution < -0.4 is 10.6 Å². The Balaban J connectivity index is 2.55. The van der Waals surface area contributed by atoms with E-state index in [9.17, 15) is 41.0 Å². The van der Waals surface area contributed by atoms with Crippen LogP contribution in [-0.2, 0) is 4.79 Å². The van der Waals surface area contributed by atoms with Gasteiger partial charge in [0.2, 0.25) is 11.5 Å². The van der Waals surface area contributed by atoms with Crippen LogP contribution in [0.25, 0.3) is 0 Å². The summed E-state index contributed by atoms with van der Waals surface area (Å²) in [6, 6.07) is 2.59. The Morgan fingerprint density at radius 3 is 2.20 bits per heavy atom. The van der Waals surface area contributed by atoms with E-state index in [1.165, 1.54) is 5.32 Å². The third kappa shape index (κ3) is 3.34. The van der Waals surface area contributed by atoms with Crippen molar-refractivity contribution in [2.24, 2.45) is 5.92 Å². The molecule has 0 bridgehead atoms. The molecule has 1 aliphatic rings. The van der Waals surface area contributed by atoms with E-state index in [1.807, 2.05) is 0 Å². The lowest BCUT2D eigenvalue weighted by Crippen LogP contribution is -2.62. The normalized spacial score (nSPS) is 23.7. The second-order valence-electron chi connectivity index (χ2n) is 5.25. The third-order valence-corrected chi connectivity index (χ3v) is 3.62. The van der Waals surface area contributed by atoms with Gasteiger partial charge in [-0.1, -0.05) is 0 Å². The summed E-state index contributed by atoms with van der Waals surface area (Å²) < 4.78 is 77.7. The molecule has 1 aromatic carbocycles. The Morgan fingerprint density at radius 1 is 1.12 bits per heavy atom. The van der Waals surface area contributed by atoms with E-state index in [1.54, 1.807) is 0 Å². The van der Waals surface area contributed by atoms with Gasteiger partial charge in [-0.3, -0.25) is 4.79 Å². The topological polar surface area (TPSA) is 98.7 Å². The van der Waals surface area contributed by atoms with Crippen LogP contribution in [0, 0.1) is 5.92 Å². The molecule has 2 unspecified atom stereocenters. The van der Waals surface area contributed by atoms with Crippen LogP contribution in [0.3, 0.4) is 0 Å². The van der Waals surface area contributed by atoms with Crippen LogP contribution in [0.4, 0.5) is 37.7 Å². The molecule has 1 aromatic rings. The highest BCUT2D eigenvalue weighted by molar-refractivity contribution is 5.92. The predicted molar refractivity (Wildman–Crippen MR) is 71.1 cm³/mol. The highest BCUT2D eigenvalue weighted by atomic mass is 19.4. The summed E-state index contributed by atoms with van der Waals surface area (Å²) >= 11 is 0. The second-order valence-corrected chi connectivity index (χ2v) is 5.25. The molecule has 12 heteroatoms. The first-order valence-electron chi connectivity index (χ1n) is 6.57. The van der Waals surface area contributed by atoms with Crippen molar-refractivity contribution in [1.29, 1.82) is 0 Å². The van der Waals surface area contributed by atoms with Crippen LogP contribution in [0.2, 0.25) is 0 Å². The molecule has 0 spiro atoms. The van der Waals surface area contributed by atoms with Gasteiger partial charge < -0.3 is 20.8 Å². The fourth-order valence-electron chi connectivity index (χ4n) is 2.33. The Morgan fingerprint density at radius 2 is 1.72 bits per heavy atom. The van der Waals surface area contributed by atoms with Gasteiger partial charge in [-0.25, -0.2) is 4.79 Å². The molecule has 2 rings (SSSR count). The van der Waals surface area contributed by atoms with Crippen LogP contribution >= 0.6 is 0 Å². The average molecular weight is 372 g/mol. The zero-order chi connectivity index (χ0) is 19.2. The van der Waals surface area contributed by atoms with Crippen LogP contribution in [0.15, 0.2) is 18.2 Å². The molecule has 0 saturated heterocycles. The van der Waals surface area contributed by atoms with Crippen LogP contribution in [0.1, 0.15) is 10.4 Å². The van der Waals surface area contributed by atoms with Gasteiger partial charge in [0, 0.05) is 6.54 Å². The summed E-state index contributed by atoms with van der Waals surface area (Å²) in [5.41, 5.74) is -5.38. The summed E-state index contributed by atoms with van der Waals surface area (Å²) in [6.45, 7) is -1.22. The Hall–Kier alpha value is -2.50. The molecular formula is C13H10F6N2O4. The monoisotopic (exact) mass is 372 g/mol. The molecule has 0 radical (unpaired) electrons. The number of hydrogen-bond acceptors (Lipinski definition) is 5. The maximum atomic E-state index is 13.3. The van der Waals surface area contributed by atoms with E-state index in [0.717, 1.165) is 18.2 Å². The highest BCUT2D eigenvalue weighted by Crippen LogP contribution is 2.43. The fraction of sp³-hybridized carbons (Fsp3) is 0.385. The number of benzene rings is 1. The molecule has 6 nitrogen and oxygen atoms in total. The van der Waals surface area contributed by atoms with Crippen molar-refractivity contribution in [1.82, 2.24) is 0 Å². The molecule has 1 aliphatic heterocycles. The quantitative estimate of drug-likeness (QED) is 0.595. The predicted octanol–water partition coefficient (Wildman–Crippen LogP) is 2.22. The number of carbonyl (C=O) groups excluding carboxylic acids is 1. The summed E-state index contributed by atoms with van der Waals surface area (Å²) in [7, 11) is 0. The van der Waals surface area contributed by atoms with E-state index in [0.29, 0.717) is 0 Å². The number of fused-ring (bicyclic) bond motifs is 1. The maximum absolute atomic E-state index is 13.3. The van der Waals surface area contributed by atoms with Gasteiger partial charge in [-0.2, -0.15) is 26.3 Å². The van der Waals surface area contributed by atoms with Gasteiger partial charge in [0.25, 0.3) is 0 Å². The molecule has 4 N–H and O–H groups in total. The minimum Gasteiger partial charge on any atom is -0.478 e. The van der Waals surface area contributed by atoms with E-state index in [-0.39, 0.29) is 11.3 Å². The van der Waals surface area contributed by atoms with Gasteiger partial charge in [0.1, 0.15) is 5.92 Å². The van der Waals surface area contributed by atoms with Gasteiger partial charge in [-0.05, 0) is 18.2 Å². The van der Waals surface area contributed by atoms with Crippen molar-refractivity contribution < 1.29 is 46.1 Å². The zero-order valence-corrected chi connectivity index (χ0v) is 12.0. The lowest BCUT2D eigenvalue weighted by atomic mass is 9.90. The molecule has 0 saturated carbocycles. The van der Waals surface area contributed by atoms with E-state index >= 15 is 0 Å². The van der Waals surface area contributed by atoms with E-state index in [4.69, 9.17) is 5.11 Å². The molecule has 2 atom stereocenters. The molecule has 0 amide bonds. The summed E-state index contributed by atoms with van der Waals surface area (Å²) in [6.07, 6.45) is -11.2. The molecule has 138 valence electrons. The number of nitrogens with one attached hydrogen (secondary N) is 2. The number of anilines is 2. The van der Waals surface area contributed by atoms with Crippen molar-refractivity contribution in [3.63, 3.8) is 0 Å².